The molecule has 0 N–H and O–H groups in total. The number of fused-ring (bicyclic) bond motifs is 2. The van der Waals surface area contributed by atoms with Crippen molar-refractivity contribution in [3.05, 3.63) is 35.4 Å². The van der Waals surface area contributed by atoms with Crippen LogP contribution in [-0.2, 0) is 11.2 Å². The van der Waals surface area contributed by atoms with E-state index in [1.165, 1.54) is 11.1 Å². The highest BCUT2D eigenvalue weighted by molar-refractivity contribution is 9.09. The van der Waals surface area contributed by atoms with Crippen molar-refractivity contribution >= 4 is 22.0 Å². The van der Waals surface area contributed by atoms with Gasteiger partial charge in [-0.3, -0.25) is 4.90 Å². The fourth-order valence-corrected chi connectivity index (χ4v) is 4.08. The van der Waals surface area contributed by atoms with Crippen LogP contribution in [0.5, 0.6) is 0 Å². The van der Waals surface area contributed by atoms with Crippen LogP contribution >= 0.6 is 15.9 Å². The smallest absolute Gasteiger partial charge is 0.410 e. The molecule has 3 rings (SSSR count). The Morgan fingerprint density at radius 2 is 2.05 bits per heavy atom. The summed E-state index contributed by atoms with van der Waals surface area (Å²) >= 11 is 3.45. The fourth-order valence-electron chi connectivity index (χ4n) is 3.68. The largest absolute Gasteiger partial charge is 0.445 e. The number of cyclic esters (lactones) is 1. The Bertz CT molecular complexity index is 552. The summed E-state index contributed by atoms with van der Waals surface area (Å²) in [6.45, 7) is 6.59. The van der Waals surface area contributed by atoms with Crippen LogP contribution in [0.15, 0.2) is 24.3 Å². The number of amides is 1. The number of carbonyl (C=O) groups is 1. The molecule has 1 aromatic carbocycles. The van der Waals surface area contributed by atoms with E-state index in [0.717, 1.165) is 12.8 Å². The Morgan fingerprint density at radius 3 is 2.71 bits per heavy atom. The molecule has 114 valence electrons. The highest BCUT2D eigenvalue weighted by atomic mass is 79.9. The van der Waals surface area contributed by atoms with Crippen LogP contribution in [0.1, 0.15) is 44.4 Å². The summed E-state index contributed by atoms with van der Waals surface area (Å²) in [6, 6.07) is 8.84. The third-order valence-electron chi connectivity index (χ3n) is 4.48. The summed E-state index contributed by atoms with van der Waals surface area (Å²) in [4.78, 5) is 14.5. The number of hydrogen-bond donors (Lipinski definition) is 0. The van der Waals surface area contributed by atoms with Gasteiger partial charge in [-0.15, -0.1) is 0 Å². The molecular formula is C17H22BrNO2. The van der Waals surface area contributed by atoms with Crippen molar-refractivity contribution in [3.8, 4) is 0 Å². The van der Waals surface area contributed by atoms with Gasteiger partial charge in [-0.1, -0.05) is 61.0 Å². The van der Waals surface area contributed by atoms with Crippen LogP contribution < -0.4 is 0 Å². The Morgan fingerprint density at radius 1 is 1.33 bits per heavy atom. The summed E-state index contributed by atoms with van der Waals surface area (Å²) in [6.07, 6.45) is 1.66. The van der Waals surface area contributed by atoms with E-state index in [-0.39, 0.29) is 29.7 Å². The minimum absolute atomic E-state index is 0.00960. The van der Waals surface area contributed by atoms with Crippen LogP contribution in [-0.4, -0.2) is 28.5 Å². The second-order valence-electron chi connectivity index (χ2n) is 7.13. The number of nitrogens with zero attached hydrogens (tertiary/aromatic N) is 1. The first-order valence-corrected chi connectivity index (χ1v) is 8.66. The first-order valence-electron chi connectivity index (χ1n) is 7.54. The van der Waals surface area contributed by atoms with Crippen molar-refractivity contribution in [2.75, 3.05) is 5.33 Å². The maximum atomic E-state index is 12.5. The molecule has 0 aromatic heterocycles. The molecule has 0 aliphatic carbocycles. The van der Waals surface area contributed by atoms with Gasteiger partial charge >= 0.3 is 6.09 Å². The van der Waals surface area contributed by atoms with E-state index in [2.05, 4.69) is 61.0 Å². The number of halogens is 1. The zero-order chi connectivity index (χ0) is 15.2. The molecule has 0 saturated carbocycles. The molecule has 0 radical (unpaired) electrons. The summed E-state index contributed by atoms with van der Waals surface area (Å²) < 4.78 is 5.59. The Balaban J connectivity index is 2.06. The maximum Gasteiger partial charge on any atom is 0.410 e. The Labute approximate surface area is 134 Å². The number of hydrogen-bond acceptors (Lipinski definition) is 2. The summed E-state index contributed by atoms with van der Waals surface area (Å²) in [5.74, 6) is 0. The zero-order valence-electron chi connectivity index (χ0n) is 12.8. The molecular weight excluding hydrogens is 330 g/mol. The summed E-state index contributed by atoms with van der Waals surface area (Å²) in [7, 11) is 0. The van der Waals surface area contributed by atoms with E-state index < -0.39 is 0 Å². The molecule has 1 aromatic rings. The van der Waals surface area contributed by atoms with Gasteiger partial charge in [0.05, 0.1) is 6.04 Å². The number of rotatable bonds is 1. The van der Waals surface area contributed by atoms with E-state index in [4.69, 9.17) is 4.74 Å². The van der Waals surface area contributed by atoms with E-state index in [1.807, 2.05) is 4.90 Å². The van der Waals surface area contributed by atoms with Crippen molar-refractivity contribution in [1.29, 1.82) is 0 Å². The molecule has 4 heteroatoms. The number of carbonyl (C=O) groups excluding carboxylic acids is 1. The van der Waals surface area contributed by atoms with Crippen LogP contribution in [0.4, 0.5) is 4.79 Å². The standard InChI is InChI=1S/C17H22BrNO2/c1-17(2,3)15-14-7-5-4-6-11(14)8-12-9-13(10-18)21-16(20)19(12)15/h4-7,12-13,15H,8-10H2,1-3H3/t12-,13+,15-/m1/s1. The Kier molecular flexibility index (Phi) is 3.76. The average molecular weight is 352 g/mol. The fraction of sp³-hybridized carbons (Fsp3) is 0.588. The van der Waals surface area contributed by atoms with Crippen molar-refractivity contribution < 1.29 is 9.53 Å². The van der Waals surface area contributed by atoms with Gasteiger partial charge < -0.3 is 4.74 Å². The van der Waals surface area contributed by atoms with Gasteiger partial charge in [-0.25, -0.2) is 4.79 Å². The molecule has 2 aliphatic heterocycles. The first-order chi connectivity index (χ1) is 9.91. The molecule has 1 fully saturated rings. The minimum atomic E-state index is -0.162. The lowest BCUT2D eigenvalue weighted by Crippen LogP contribution is -2.56. The van der Waals surface area contributed by atoms with Gasteiger partial charge in [-0.2, -0.15) is 0 Å². The van der Waals surface area contributed by atoms with Crippen molar-refractivity contribution in [2.24, 2.45) is 5.41 Å². The molecule has 3 atom stereocenters. The maximum absolute atomic E-state index is 12.5. The molecule has 2 aliphatic rings. The lowest BCUT2D eigenvalue weighted by molar-refractivity contribution is -0.0360. The van der Waals surface area contributed by atoms with Crippen molar-refractivity contribution in [3.63, 3.8) is 0 Å². The number of ether oxygens (including phenoxy) is 1. The molecule has 3 nitrogen and oxygen atoms in total. The normalized spacial score (nSPS) is 28.7. The highest BCUT2D eigenvalue weighted by Crippen LogP contribution is 2.46. The molecule has 1 saturated heterocycles. The van der Waals surface area contributed by atoms with Crippen LogP contribution in [0.2, 0.25) is 0 Å². The second-order valence-corrected chi connectivity index (χ2v) is 7.78. The predicted molar refractivity (Wildman–Crippen MR) is 86.6 cm³/mol. The molecule has 21 heavy (non-hydrogen) atoms. The molecule has 2 heterocycles. The summed E-state index contributed by atoms with van der Waals surface area (Å²) in [5.41, 5.74) is 2.63. The SMILES string of the molecule is CC(C)(C)[C@H]1c2ccccc2C[C@@H]2C[C@@H](CBr)OC(=O)N21. The van der Waals surface area contributed by atoms with Crippen molar-refractivity contribution in [2.45, 2.75) is 51.8 Å². The second kappa shape index (κ2) is 5.31. The molecule has 0 unspecified atom stereocenters. The predicted octanol–water partition coefficient (Wildman–Crippen LogP) is 4.30. The van der Waals surface area contributed by atoms with E-state index >= 15 is 0 Å². The monoisotopic (exact) mass is 351 g/mol. The lowest BCUT2D eigenvalue weighted by atomic mass is 9.74. The first kappa shape index (κ1) is 14.9. The van der Waals surface area contributed by atoms with Crippen molar-refractivity contribution in [1.82, 2.24) is 4.90 Å². The number of benzene rings is 1. The molecule has 0 bridgehead atoms. The number of alkyl halides is 1. The average Bonchev–Trinajstić information content (AvgIpc) is 2.43. The van der Waals surface area contributed by atoms with Crippen LogP contribution in [0.25, 0.3) is 0 Å². The van der Waals surface area contributed by atoms with E-state index in [9.17, 15) is 4.79 Å². The third-order valence-corrected chi connectivity index (χ3v) is 5.20. The highest BCUT2D eigenvalue weighted by Gasteiger charge is 2.47. The van der Waals surface area contributed by atoms with Crippen LogP contribution in [0, 0.1) is 5.41 Å². The third kappa shape index (κ3) is 2.59. The molecule has 1 amide bonds. The topological polar surface area (TPSA) is 29.5 Å². The van der Waals surface area contributed by atoms with Crippen LogP contribution in [0.3, 0.4) is 0 Å². The summed E-state index contributed by atoms with van der Waals surface area (Å²) in [5, 5.41) is 0.713. The van der Waals surface area contributed by atoms with E-state index in [0.29, 0.717) is 5.33 Å². The van der Waals surface area contributed by atoms with Gasteiger partial charge in [0.15, 0.2) is 0 Å². The molecule has 0 spiro atoms. The lowest BCUT2D eigenvalue weighted by Gasteiger charge is -2.51. The quantitative estimate of drug-likeness (QED) is 0.705. The van der Waals surface area contributed by atoms with Gasteiger partial charge in [0, 0.05) is 17.8 Å². The van der Waals surface area contributed by atoms with E-state index in [1.54, 1.807) is 0 Å². The zero-order valence-corrected chi connectivity index (χ0v) is 14.4. The minimum Gasteiger partial charge on any atom is -0.445 e. The van der Waals surface area contributed by atoms with Gasteiger partial charge in [0.25, 0.3) is 0 Å². The van der Waals surface area contributed by atoms with Gasteiger partial charge in [-0.05, 0) is 23.0 Å². The van der Waals surface area contributed by atoms with Gasteiger partial charge in [0.2, 0.25) is 0 Å². The van der Waals surface area contributed by atoms with Gasteiger partial charge in [0.1, 0.15) is 6.10 Å². The Hall–Kier alpha value is -1.03.